The summed E-state index contributed by atoms with van der Waals surface area (Å²) in [6.45, 7) is 0. The molecule has 138 valence electrons. The molecule has 3 aromatic carbocycles. The maximum absolute atomic E-state index is 12.3. The summed E-state index contributed by atoms with van der Waals surface area (Å²) in [4.78, 5) is 16.7. The van der Waals surface area contributed by atoms with Gasteiger partial charge in [0.15, 0.2) is 11.5 Å². The molecule has 5 aromatic rings. The van der Waals surface area contributed by atoms with Crippen molar-refractivity contribution >= 4 is 44.6 Å². The zero-order valence-electron chi connectivity index (χ0n) is 15.1. The smallest absolute Gasteiger partial charge is 0.224 e. The highest BCUT2D eigenvalue weighted by atomic mass is 16.3. The van der Waals surface area contributed by atoms with E-state index in [0.29, 0.717) is 25.2 Å². The van der Waals surface area contributed by atoms with E-state index in [0.717, 1.165) is 38.7 Å². The van der Waals surface area contributed by atoms with Gasteiger partial charge in [0.25, 0.3) is 0 Å². The van der Waals surface area contributed by atoms with Gasteiger partial charge >= 0.3 is 0 Å². The maximum Gasteiger partial charge on any atom is 0.224 e. The van der Waals surface area contributed by atoms with Crippen molar-refractivity contribution < 1.29 is 13.6 Å². The van der Waals surface area contributed by atoms with Crippen molar-refractivity contribution in [2.24, 2.45) is 0 Å². The molecule has 0 aliphatic rings. The Bertz CT molecular complexity index is 1270. The largest absolute Gasteiger partial charge is 0.456 e. The third-order valence-electron chi connectivity index (χ3n) is 4.80. The first-order valence-electron chi connectivity index (χ1n) is 9.32. The number of hydrogen-bond donors (Lipinski definition) is 1. The number of amides is 1. The summed E-state index contributed by atoms with van der Waals surface area (Å²) in [5.74, 6) is 0.629. The number of aryl methyl sites for hydroxylation is 1. The van der Waals surface area contributed by atoms with Crippen LogP contribution in [0.25, 0.3) is 33.0 Å². The Balaban J connectivity index is 1.23. The monoisotopic (exact) mass is 370 g/mol. The molecule has 0 unspecified atom stereocenters. The van der Waals surface area contributed by atoms with Crippen LogP contribution in [0.1, 0.15) is 18.7 Å². The summed E-state index contributed by atoms with van der Waals surface area (Å²) in [5.41, 5.74) is 3.98. The van der Waals surface area contributed by atoms with E-state index in [2.05, 4.69) is 10.3 Å². The molecule has 2 aromatic heterocycles. The average molecular weight is 370 g/mol. The second kappa shape index (κ2) is 6.85. The molecule has 0 saturated carbocycles. The van der Waals surface area contributed by atoms with Crippen LogP contribution in [0.15, 0.2) is 75.6 Å². The van der Waals surface area contributed by atoms with Crippen LogP contribution in [0.4, 0.5) is 5.69 Å². The van der Waals surface area contributed by atoms with Crippen LogP contribution < -0.4 is 5.32 Å². The number of carbonyl (C=O) groups excluding carboxylic acids is 1. The Morgan fingerprint density at radius 2 is 1.64 bits per heavy atom. The molecule has 0 atom stereocenters. The second-order valence-corrected chi connectivity index (χ2v) is 6.79. The summed E-state index contributed by atoms with van der Waals surface area (Å²) < 4.78 is 11.6. The average Bonchev–Trinajstić information content (AvgIpc) is 3.28. The molecule has 0 bridgehead atoms. The van der Waals surface area contributed by atoms with E-state index in [1.807, 2.05) is 66.7 Å². The Kier molecular flexibility index (Phi) is 4.05. The number of hydrogen-bond acceptors (Lipinski definition) is 4. The Labute approximate surface area is 161 Å². The fourth-order valence-electron chi connectivity index (χ4n) is 3.45. The Morgan fingerprint density at radius 3 is 2.54 bits per heavy atom. The summed E-state index contributed by atoms with van der Waals surface area (Å²) in [6, 6.07) is 21.3. The minimum absolute atomic E-state index is 0.0356. The fourth-order valence-corrected chi connectivity index (χ4v) is 3.45. The molecule has 0 aliphatic heterocycles. The van der Waals surface area contributed by atoms with E-state index in [4.69, 9.17) is 8.83 Å². The molecule has 28 heavy (non-hydrogen) atoms. The Morgan fingerprint density at radius 1 is 0.857 bits per heavy atom. The number of furan rings is 1. The maximum atomic E-state index is 12.3. The number of aromatic nitrogens is 1. The molecule has 1 amide bonds. The SMILES string of the molecule is O=C(CCCc1nc2ccccc2o1)Nc1ccc2c(c1)oc1ccccc12. The molecule has 0 fully saturated rings. The molecule has 5 nitrogen and oxygen atoms in total. The summed E-state index contributed by atoms with van der Waals surface area (Å²) in [6.07, 6.45) is 1.70. The highest BCUT2D eigenvalue weighted by Gasteiger charge is 2.10. The van der Waals surface area contributed by atoms with E-state index >= 15 is 0 Å². The van der Waals surface area contributed by atoms with Crippen LogP contribution >= 0.6 is 0 Å². The molecule has 1 N–H and O–H groups in total. The minimum Gasteiger partial charge on any atom is -0.456 e. The predicted octanol–water partition coefficient (Wildman–Crippen LogP) is 5.69. The van der Waals surface area contributed by atoms with Gasteiger partial charge in [-0.25, -0.2) is 4.98 Å². The summed E-state index contributed by atoms with van der Waals surface area (Å²) in [5, 5.41) is 5.06. The van der Waals surface area contributed by atoms with Crippen molar-refractivity contribution in [3.05, 3.63) is 72.6 Å². The van der Waals surface area contributed by atoms with Gasteiger partial charge in [-0.15, -0.1) is 0 Å². The van der Waals surface area contributed by atoms with Gasteiger partial charge in [-0.3, -0.25) is 4.79 Å². The number of fused-ring (bicyclic) bond motifs is 4. The van der Waals surface area contributed by atoms with Gasteiger partial charge in [0.05, 0.1) is 0 Å². The van der Waals surface area contributed by atoms with Gasteiger partial charge in [-0.05, 0) is 36.8 Å². The number of carbonyl (C=O) groups is 1. The zero-order chi connectivity index (χ0) is 18.9. The van der Waals surface area contributed by atoms with Crippen LogP contribution in [-0.4, -0.2) is 10.9 Å². The summed E-state index contributed by atoms with van der Waals surface area (Å²) in [7, 11) is 0. The number of nitrogens with one attached hydrogen (secondary N) is 1. The molecule has 0 saturated heterocycles. The lowest BCUT2D eigenvalue weighted by Crippen LogP contribution is -2.11. The normalized spacial score (nSPS) is 11.4. The second-order valence-electron chi connectivity index (χ2n) is 6.79. The van der Waals surface area contributed by atoms with Gasteiger partial charge < -0.3 is 14.2 Å². The van der Waals surface area contributed by atoms with Crippen molar-refractivity contribution in [1.82, 2.24) is 4.98 Å². The van der Waals surface area contributed by atoms with Crippen LogP contribution in [0, 0.1) is 0 Å². The minimum atomic E-state index is -0.0356. The molecule has 0 radical (unpaired) electrons. The Hall–Kier alpha value is -3.60. The molecule has 0 aliphatic carbocycles. The number of oxazole rings is 1. The van der Waals surface area contributed by atoms with Crippen molar-refractivity contribution in [3.63, 3.8) is 0 Å². The van der Waals surface area contributed by atoms with E-state index in [9.17, 15) is 4.79 Å². The number of nitrogens with zero attached hydrogens (tertiary/aromatic N) is 1. The van der Waals surface area contributed by atoms with Crippen molar-refractivity contribution in [2.45, 2.75) is 19.3 Å². The lowest BCUT2D eigenvalue weighted by atomic mass is 10.1. The van der Waals surface area contributed by atoms with E-state index in [1.165, 1.54) is 0 Å². The van der Waals surface area contributed by atoms with E-state index in [1.54, 1.807) is 0 Å². The molecule has 2 heterocycles. The third kappa shape index (κ3) is 3.11. The van der Waals surface area contributed by atoms with E-state index in [-0.39, 0.29) is 5.91 Å². The fraction of sp³-hybridized carbons (Fsp3) is 0.130. The predicted molar refractivity (Wildman–Crippen MR) is 109 cm³/mol. The third-order valence-corrected chi connectivity index (χ3v) is 4.80. The first kappa shape index (κ1) is 16.6. The number of benzene rings is 3. The first-order chi connectivity index (χ1) is 13.8. The topological polar surface area (TPSA) is 68.3 Å². The first-order valence-corrected chi connectivity index (χ1v) is 9.32. The van der Waals surface area contributed by atoms with E-state index < -0.39 is 0 Å². The molecule has 5 heteroatoms. The van der Waals surface area contributed by atoms with Gasteiger partial charge in [0.1, 0.15) is 16.7 Å². The van der Waals surface area contributed by atoms with Crippen LogP contribution in [0.3, 0.4) is 0 Å². The number of rotatable bonds is 5. The molecular formula is C23H18N2O3. The molecule has 0 spiro atoms. The van der Waals surface area contributed by atoms with Crippen molar-refractivity contribution in [1.29, 1.82) is 0 Å². The lowest BCUT2D eigenvalue weighted by molar-refractivity contribution is -0.116. The van der Waals surface area contributed by atoms with Gasteiger partial charge in [0.2, 0.25) is 5.91 Å². The van der Waals surface area contributed by atoms with Gasteiger partial charge in [-0.1, -0.05) is 30.3 Å². The van der Waals surface area contributed by atoms with Crippen LogP contribution in [-0.2, 0) is 11.2 Å². The standard InChI is InChI=1S/C23H18N2O3/c26-22(10-5-11-23-25-18-7-2-4-9-20(18)28-23)24-15-12-13-17-16-6-1-3-8-19(16)27-21(17)14-15/h1-4,6-9,12-14H,5,10-11H2,(H,24,26). The molecular weight excluding hydrogens is 352 g/mol. The van der Waals surface area contributed by atoms with Crippen molar-refractivity contribution in [3.8, 4) is 0 Å². The highest BCUT2D eigenvalue weighted by molar-refractivity contribution is 6.06. The summed E-state index contributed by atoms with van der Waals surface area (Å²) >= 11 is 0. The lowest BCUT2D eigenvalue weighted by Gasteiger charge is -2.04. The van der Waals surface area contributed by atoms with Crippen molar-refractivity contribution in [2.75, 3.05) is 5.32 Å². The van der Waals surface area contributed by atoms with Gasteiger partial charge in [0, 0.05) is 35.4 Å². The van der Waals surface area contributed by atoms with Crippen LogP contribution in [0.5, 0.6) is 0 Å². The number of anilines is 1. The quantitative estimate of drug-likeness (QED) is 0.432. The number of para-hydroxylation sites is 3. The molecule has 5 rings (SSSR count). The highest BCUT2D eigenvalue weighted by Crippen LogP contribution is 2.30. The van der Waals surface area contributed by atoms with Gasteiger partial charge in [-0.2, -0.15) is 0 Å². The van der Waals surface area contributed by atoms with Crippen LogP contribution in [0.2, 0.25) is 0 Å². The zero-order valence-corrected chi connectivity index (χ0v) is 15.1.